The Hall–Kier alpha value is -1.07. The van der Waals surface area contributed by atoms with E-state index in [2.05, 4.69) is 26.1 Å². The first-order valence-corrected chi connectivity index (χ1v) is 4.83. The maximum atomic E-state index is 10.8. The molecule has 0 saturated heterocycles. The summed E-state index contributed by atoms with van der Waals surface area (Å²) in [6.45, 7) is 0. The third kappa shape index (κ3) is 1.38. The van der Waals surface area contributed by atoms with Crippen LogP contribution in [0, 0.1) is 0 Å². The summed E-state index contributed by atoms with van der Waals surface area (Å²) in [5, 5.41) is 16.0. The molecule has 1 aromatic heterocycles. The fourth-order valence-electron chi connectivity index (χ4n) is 1.21. The van der Waals surface area contributed by atoms with Crippen molar-refractivity contribution in [2.45, 2.75) is 0 Å². The molecule has 0 amide bonds. The first kappa shape index (κ1) is 9.48. The van der Waals surface area contributed by atoms with Gasteiger partial charge in [-0.3, -0.25) is 5.10 Å². The Morgan fingerprint density at radius 1 is 1.57 bits per heavy atom. The van der Waals surface area contributed by atoms with Crippen molar-refractivity contribution < 1.29 is 9.90 Å². The van der Waals surface area contributed by atoms with Crippen molar-refractivity contribution in [1.29, 1.82) is 0 Å². The quantitative estimate of drug-likeness (QED) is 0.841. The molecule has 2 aromatic rings. The SMILES string of the molecule is O=C(O)c1n[nH]c2c(Cl)cc(Br)cc12. The molecule has 0 aliphatic carbocycles. The molecule has 0 radical (unpaired) electrons. The van der Waals surface area contributed by atoms with Crippen LogP contribution < -0.4 is 0 Å². The Kier molecular flexibility index (Phi) is 2.20. The minimum Gasteiger partial charge on any atom is -0.476 e. The number of carboxylic acid groups (broad SMARTS) is 1. The average molecular weight is 275 g/mol. The van der Waals surface area contributed by atoms with Crippen LogP contribution in [0.2, 0.25) is 5.02 Å². The van der Waals surface area contributed by atoms with Gasteiger partial charge in [-0.25, -0.2) is 4.79 Å². The van der Waals surface area contributed by atoms with Gasteiger partial charge in [0, 0.05) is 9.86 Å². The number of aromatic amines is 1. The summed E-state index contributed by atoms with van der Waals surface area (Å²) in [4.78, 5) is 10.8. The number of hydrogen-bond donors (Lipinski definition) is 2. The Labute approximate surface area is 92.0 Å². The molecule has 0 saturated carbocycles. The van der Waals surface area contributed by atoms with Crippen LogP contribution in [0.4, 0.5) is 0 Å². The van der Waals surface area contributed by atoms with Gasteiger partial charge in [-0.05, 0) is 12.1 Å². The number of nitrogens with one attached hydrogen (secondary N) is 1. The highest BCUT2D eigenvalue weighted by Gasteiger charge is 2.14. The summed E-state index contributed by atoms with van der Waals surface area (Å²) in [6, 6.07) is 3.34. The summed E-state index contributed by atoms with van der Waals surface area (Å²) >= 11 is 9.12. The molecule has 0 spiro atoms. The van der Waals surface area contributed by atoms with Gasteiger partial charge in [0.2, 0.25) is 0 Å². The Bertz CT molecular complexity index is 523. The number of benzene rings is 1. The lowest BCUT2D eigenvalue weighted by Crippen LogP contribution is -1.96. The minimum atomic E-state index is -1.08. The van der Waals surface area contributed by atoms with Gasteiger partial charge in [0.25, 0.3) is 0 Å². The number of aromatic nitrogens is 2. The topological polar surface area (TPSA) is 66.0 Å². The van der Waals surface area contributed by atoms with Crippen LogP contribution in [0.3, 0.4) is 0 Å². The third-order valence-electron chi connectivity index (χ3n) is 1.79. The fourth-order valence-corrected chi connectivity index (χ4v) is 2.06. The van der Waals surface area contributed by atoms with Crippen LogP contribution in [0.15, 0.2) is 16.6 Å². The normalized spacial score (nSPS) is 10.7. The molecule has 0 aliphatic rings. The predicted octanol–water partition coefficient (Wildman–Crippen LogP) is 2.68. The zero-order chi connectivity index (χ0) is 10.3. The van der Waals surface area contributed by atoms with Gasteiger partial charge < -0.3 is 5.11 Å². The van der Waals surface area contributed by atoms with Gasteiger partial charge in [-0.1, -0.05) is 27.5 Å². The van der Waals surface area contributed by atoms with Crippen molar-refractivity contribution in [3.05, 3.63) is 27.3 Å². The maximum absolute atomic E-state index is 10.8. The van der Waals surface area contributed by atoms with E-state index in [-0.39, 0.29) is 5.69 Å². The van der Waals surface area contributed by atoms with Crippen molar-refractivity contribution in [3.8, 4) is 0 Å². The lowest BCUT2D eigenvalue weighted by Gasteiger charge is -1.95. The molecule has 72 valence electrons. The summed E-state index contributed by atoms with van der Waals surface area (Å²) in [7, 11) is 0. The third-order valence-corrected chi connectivity index (χ3v) is 2.55. The second-order valence-corrected chi connectivity index (χ2v) is 4.01. The highest BCUT2D eigenvalue weighted by Crippen LogP contribution is 2.28. The van der Waals surface area contributed by atoms with Crippen LogP contribution in [-0.2, 0) is 0 Å². The van der Waals surface area contributed by atoms with Crippen molar-refractivity contribution in [2.75, 3.05) is 0 Å². The number of H-pyrrole nitrogens is 1. The second-order valence-electron chi connectivity index (χ2n) is 2.69. The second kappa shape index (κ2) is 3.25. The van der Waals surface area contributed by atoms with Crippen molar-refractivity contribution in [2.24, 2.45) is 0 Å². The molecule has 2 N–H and O–H groups in total. The van der Waals surface area contributed by atoms with Crippen LogP contribution in [-0.4, -0.2) is 21.3 Å². The van der Waals surface area contributed by atoms with Crippen molar-refractivity contribution >= 4 is 44.4 Å². The molecule has 0 atom stereocenters. The van der Waals surface area contributed by atoms with Gasteiger partial charge in [0.1, 0.15) is 0 Å². The van der Waals surface area contributed by atoms with Crippen LogP contribution >= 0.6 is 27.5 Å². The molecular formula is C8H4BrClN2O2. The number of hydrogen-bond acceptors (Lipinski definition) is 2. The Balaban J connectivity index is 2.85. The van der Waals surface area contributed by atoms with E-state index in [9.17, 15) is 4.79 Å². The molecule has 0 aliphatic heterocycles. The molecule has 1 heterocycles. The van der Waals surface area contributed by atoms with Gasteiger partial charge in [-0.15, -0.1) is 0 Å². The minimum absolute atomic E-state index is 0.0248. The molecular weight excluding hydrogens is 271 g/mol. The summed E-state index contributed by atoms with van der Waals surface area (Å²) < 4.78 is 0.721. The summed E-state index contributed by atoms with van der Waals surface area (Å²) in [5.41, 5.74) is 0.510. The standard InChI is InChI=1S/C8H4BrClN2O2/c9-3-1-4-6(5(10)2-3)11-12-7(4)8(13)14/h1-2H,(H,11,12)(H,13,14). The van der Waals surface area contributed by atoms with E-state index >= 15 is 0 Å². The van der Waals surface area contributed by atoms with E-state index in [4.69, 9.17) is 16.7 Å². The van der Waals surface area contributed by atoms with E-state index in [1.807, 2.05) is 0 Å². The Morgan fingerprint density at radius 2 is 2.29 bits per heavy atom. The zero-order valence-corrected chi connectivity index (χ0v) is 9.06. The predicted molar refractivity (Wildman–Crippen MR) is 55.8 cm³/mol. The number of fused-ring (bicyclic) bond motifs is 1. The molecule has 0 bridgehead atoms. The van der Waals surface area contributed by atoms with Crippen LogP contribution in [0.1, 0.15) is 10.5 Å². The molecule has 0 unspecified atom stereocenters. The molecule has 1 aromatic carbocycles. The van der Waals surface area contributed by atoms with E-state index in [0.717, 1.165) is 4.47 Å². The maximum Gasteiger partial charge on any atom is 0.357 e. The van der Waals surface area contributed by atoms with Crippen molar-refractivity contribution in [1.82, 2.24) is 10.2 Å². The number of nitrogens with zero attached hydrogens (tertiary/aromatic N) is 1. The summed E-state index contributed by atoms with van der Waals surface area (Å²) in [6.07, 6.45) is 0. The average Bonchev–Trinajstić information content (AvgIpc) is 2.47. The number of aromatic carboxylic acids is 1. The lowest BCUT2D eigenvalue weighted by molar-refractivity contribution is 0.0692. The van der Waals surface area contributed by atoms with Crippen molar-refractivity contribution in [3.63, 3.8) is 0 Å². The first-order chi connectivity index (χ1) is 6.59. The van der Waals surface area contributed by atoms with E-state index < -0.39 is 5.97 Å². The number of carbonyl (C=O) groups is 1. The van der Waals surface area contributed by atoms with Gasteiger partial charge in [-0.2, -0.15) is 5.10 Å². The largest absolute Gasteiger partial charge is 0.476 e. The number of carboxylic acids is 1. The zero-order valence-electron chi connectivity index (χ0n) is 6.71. The van der Waals surface area contributed by atoms with E-state index in [0.29, 0.717) is 15.9 Å². The smallest absolute Gasteiger partial charge is 0.357 e. The number of rotatable bonds is 1. The first-order valence-electron chi connectivity index (χ1n) is 3.66. The molecule has 2 rings (SSSR count). The molecule has 6 heteroatoms. The van der Waals surface area contributed by atoms with Gasteiger partial charge in [0.05, 0.1) is 10.5 Å². The van der Waals surface area contributed by atoms with Gasteiger partial charge >= 0.3 is 5.97 Å². The number of halogens is 2. The molecule has 4 nitrogen and oxygen atoms in total. The van der Waals surface area contributed by atoms with E-state index in [1.54, 1.807) is 12.1 Å². The Morgan fingerprint density at radius 3 is 2.93 bits per heavy atom. The fraction of sp³-hybridized carbons (Fsp3) is 0. The van der Waals surface area contributed by atoms with Crippen LogP contribution in [0.5, 0.6) is 0 Å². The molecule has 0 fully saturated rings. The van der Waals surface area contributed by atoms with Crippen LogP contribution in [0.25, 0.3) is 10.9 Å². The van der Waals surface area contributed by atoms with E-state index in [1.165, 1.54) is 0 Å². The summed E-state index contributed by atoms with van der Waals surface area (Å²) in [5.74, 6) is -1.08. The highest BCUT2D eigenvalue weighted by molar-refractivity contribution is 9.10. The monoisotopic (exact) mass is 274 g/mol. The molecule has 14 heavy (non-hydrogen) atoms. The van der Waals surface area contributed by atoms with Gasteiger partial charge in [0.15, 0.2) is 5.69 Å². The highest BCUT2D eigenvalue weighted by atomic mass is 79.9. The lowest BCUT2D eigenvalue weighted by atomic mass is 10.2.